The highest BCUT2D eigenvalue weighted by molar-refractivity contribution is 7.18. The molecule has 1 N–H and O–H groups in total. The summed E-state index contributed by atoms with van der Waals surface area (Å²) in [7, 11) is 0. The topological polar surface area (TPSA) is 104 Å². The number of aromatic nitrogens is 2. The summed E-state index contributed by atoms with van der Waals surface area (Å²) in [6, 6.07) is 6.73. The van der Waals surface area contributed by atoms with Crippen LogP contribution in [0, 0.1) is 5.92 Å². The molecule has 0 bridgehead atoms. The van der Waals surface area contributed by atoms with Gasteiger partial charge in [0.15, 0.2) is 22.4 Å². The number of thiazole rings is 1. The fourth-order valence-corrected chi connectivity index (χ4v) is 3.87. The predicted molar refractivity (Wildman–Crippen MR) is 102 cm³/mol. The summed E-state index contributed by atoms with van der Waals surface area (Å²) in [5, 5.41) is 2.83. The van der Waals surface area contributed by atoms with Crippen molar-refractivity contribution in [3.63, 3.8) is 0 Å². The van der Waals surface area contributed by atoms with E-state index in [0.29, 0.717) is 48.1 Å². The van der Waals surface area contributed by atoms with Crippen molar-refractivity contribution in [1.29, 1.82) is 0 Å². The van der Waals surface area contributed by atoms with Gasteiger partial charge in [-0.3, -0.25) is 15.1 Å². The van der Waals surface area contributed by atoms with Crippen LogP contribution >= 0.6 is 11.3 Å². The van der Waals surface area contributed by atoms with Crippen LogP contribution < -0.4 is 10.1 Å². The van der Waals surface area contributed by atoms with E-state index in [1.54, 1.807) is 30.5 Å². The molecular weight excluding hydrogens is 382 g/mol. The Balaban J connectivity index is 1.56. The van der Waals surface area contributed by atoms with E-state index >= 15 is 0 Å². The van der Waals surface area contributed by atoms with Gasteiger partial charge in [-0.1, -0.05) is 11.3 Å². The van der Waals surface area contributed by atoms with Gasteiger partial charge in [-0.25, -0.2) is 9.78 Å². The number of Topliss-reactive ketones (excluding diaryl/α,β-unsaturated/α-hetero) is 1. The first-order valence-corrected chi connectivity index (χ1v) is 9.58. The molecule has 3 aromatic rings. The Hall–Kier alpha value is -3.04. The largest absolute Gasteiger partial charge is 0.463 e. The van der Waals surface area contributed by atoms with E-state index in [2.05, 4.69) is 15.3 Å². The highest BCUT2D eigenvalue weighted by Gasteiger charge is 2.29. The monoisotopic (exact) mass is 399 g/mol. The molecule has 3 aromatic heterocycles. The van der Waals surface area contributed by atoms with Crippen LogP contribution in [0.25, 0.3) is 11.5 Å². The first kappa shape index (κ1) is 18.3. The van der Waals surface area contributed by atoms with Gasteiger partial charge < -0.3 is 13.9 Å². The minimum absolute atomic E-state index is 0.0131. The lowest BCUT2D eigenvalue weighted by Crippen LogP contribution is -2.23. The zero-order chi connectivity index (χ0) is 19.3. The number of ether oxygens (including phenoxy) is 2. The van der Waals surface area contributed by atoms with Crippen molar-refractivity contribution in [3.8, 4) is 17.2 Å². The molecular formula is C19H17N3O5S. The van der Waals surface area contributed by atoms with E-state index in [-0.39, 0.29) is 16.8 Å². The molecule has 8 nitrogen and oxygen atoms in total. The van der Waals surface area contributed by atoms with Gasteiger partial charge in [0.25, 0.3) is 0 Å². The third-order valence-corrected chi connectivity index (χ3v) is 5.24. The Bertz CT molecular complexity index is 949. The van der Waals surface area contributed by atoms with E-state index in [4.69, 9.17) is 13.9 Å². The zero-order valence-corrected chi connectivity index (χ0v) is 15.6. The zero-order valence-electron chi connectivity index (χ0n) is 14.8. The van der Waals surface area contributed by atoms with Crippen LogP contribution in [0.3, 0.4) is 0 Å². The van der Waals surface area contributed by atoms with Crippen molar-refractivity contribution in [2.75, 3.05) is 18.5 Å². The molecule has 1 fully saturated rings. The fraction of sp³-hybridized carbons (Fsp3) is 0.263. The standard InChI is InChI=1S/C19H17N3O5S/c23-16(12-5-9-25-10-6-12)17-15(14-4-2-8-26-14)21-18(28-17)22-19(24)27-13-3-1-7-20-11-13/h1-4,7-8,11-12H,5-6,9-10H2,(H,21,22,24). The second-order valence-electron chi connectivity index (χ2n) is 6.13. The highest BCUT2D eigenvalue weighted by atomic mass is 32.1. The second kappa shape index (κ2) is 8.32. The molecule has 1 saturated heterocycles. The molecule has 1 aliphatic heterocycles. The Kier molecular flexibility index (Phi) is 5.45. The average molecular weight is 399 g/mol. The average Bonchev–Trinajstić information content (AvgIpc) is 3.38. The van der Waals surface area contributed by atoms with Gasteiger partial charge in [0.2, 0.25) is 0 Å². The Labute approximate surface area is 164 Å². The van der Waals surface area contributed by atoms with Gasteiger partial charge in [-0.2, -0.15) is 0 Å². The van der Waals surface area contributed by atoms with Gasteiger partial charge in [-0.15, -0.1) is 0 Å². The van der Waals surface area contributed by atoms with Crippen LogP contribution in [0.1, 0.15) is 22.5 Å². The van der Waals surface area contributed by atoms with Gasteiger partial charge in [0.1, 0.15) is 10.6 Å². The maximum Gasteiger partial charge on any atom is 0.418 e. The first-order chi connectivity index (χ1) is 13.7. The molecule has 0 saturated carbocycles. The Morgan fingerprint density at radius 2 is 2.07 bits per heavy atom. The summed E-state index contributed by atoms with van der Waals surface area (Å²) >= 11 is 1.11. The maximum absolute atomic E-state index is 13.0. The van der Waals surface area contributed by atoms with E-state index in [1.807, 2.05) is 0 Å². The van der Waals surface area contributed by atoms with E-state index in [0.717, 1.165) is 11.3 Å². The molecule has 0 unspecified atom stereocenters. The summed E-state index contributed by atoms with van der Waals surface area (Å²) in [5.41, 5.74) is 0.420. The Morgan fingerprint density at radius 1 is 1.21 bits per heavy atom. The van der Waals surface area contributed by atoms with Gasteiger partial charge >= 0.3 is 6.09 Å². The molecule has 4 heterocycles. The summed E-state index contributed by atoms with van der Waals surface area (Å²) < 4.78 is 15.9. The van der Waals surface area contributed by atoms with Crippen LogP contribution in [0.5, 0.6) is 5.75 Å². The fourth-order valence-electron chi connectivity index (χ4n) is 2.89. The molecule has 0 aliphatic carbocycles. The lowest BCUT2D eigenvalue weighted by molar-refractivity contribution is 0.0547. The lowest BCUT2D eigenvalue weighted by Gasteiger charge is -2.20. The van der Waals surface area contributed by atoms with Gasteiger partial charge in [0.05, 0.1) is 12.5 Å². The number of nitrogens with zero attached hydrogens (tertiary/aromatic N) is 2. The van der Waals surface area contributed by atoms with Crippen molar-refractivity contribution in [3.05, 3.63) is 47.8 Å². The molecule has 1 amide bonds. The van der Waals surface area contributed by atoms with Crippen LogP contribution in [0.15, 0.2) is 47.3 Å². The number of carbonyl (C=O) groups excluding carboxylic acids is 2. The molecule has 0 spiro atoms. The number of nitrogens with one attached hydrogen (secondary N) is 1. The molecule has 144 valence electrons. The smallest absolute Gasteiger partial charge is 0.418 e. The number of pyridine rings is 1. The van der Waals surface area contributed by atoms with Crippen LogP contribution in [0.4, 0.5) is 9.93 Å². The van der Waals surface area contributed by atoms with E-state index < -0.39 is 6.09 Å². The van der Waals surface area contributed by atoms with Gasteiger partial charge in [-0.05, 0) is 37.1 Å². The number of amides is 1. The summed E-state index contributed by atoms with van der Waals surface area (Å²) in [6.45, 7) is 1.13. The van der Waals surface area contributed by atoms with Crippen LogP contribution in [-0.4, -0.2) is 35.1 Å². The number of furan rings is 1. The number of ketones is 1. The third-order valence-electron chi connectivity index (χ3n) is 4.25. The molecule has 9 heteroatoms. The lowest BCUT2D eigenvalue weighted by atomic mass is 9.94. The molecule has 0 aromatic carbocycles. The number of carbonyl (C=O) groups is 2. The Morgan fingerprint density at radius 3 is 2.79 bits per heavy atom. The van der Waals surface area contributed by atoms with Crippen molar-refractivity contribution < 1.29 is 23.5 Å². The minimum atomic E-state index is -0.710. The summed E-state index contributed by atoms with van der Waals surface area (Å²) in [5.74, 6) is 0.639. The molecule has 0 atom stereocenters. The maximum atomic E-state index is 13.0. The quantitative estimate of drug-likeness (QED) is 0.646. The second-order valence-corrected chi connectivity index (χ2v) is 7.13. The first-order valence-electron chi connectivity index (χ1n) is 8.76. The van der Waals surface area contributed by atoms with E-state index in [9.17, 15) is 9.59 Å². The SMILES string of the molecule is O=C(Nc1nc(-c2ccco2)c(C(=O)C2CCOCC2)s1)Oc1cccnc1. The molecule has 28 heavy (non-hydrogen) atoms. The van der Waals surface area contributed by atoms with Crippen LogP contribution in [-0.2, 0) is 4.74 Å². The molecule has 1 aliphatic rings. The highest BCUT2D eigenvalue weighted by Crippen LogP contribution is 2.35. The van der Waals surface area contributed by atoms with Crippen molar-refractivity contribution in [1.82, 2.24) is 9.97 Å². The summed E-state index contributed by atoms with van der Waals surface area (Å²) in [6.07, 6.45) is 5.14. The number of hydrogen-bond acceptors (Lipinski definition) is 8. The van der Waals surface area contributed by atoms with Crippen molar-refractivity contribution in [2.45, 2.75) is 12.8 Å². The summed E-state index contributed by atoms with van der Waals surface area (Å²) in [4.78, 5) is 33.9. The molecule has 0 radical (unpaired) electrons. The normalized spacial score (nSPS) is 14.6. The van der Waals surface area contributed by atoms with Crippen molar-refractivity contribution >= 4 is 28.3 Å². The molecule has 4 rings (SSSR count). The van der Waals surface area contributed by atoms with Gasteiger partial charge in [0, 0.05) is 25.3 Å². The predicted octanol–water partition coefficient (Wildman–Crippen LogP) is 4.02. The van der Waals surface area contributed by atoms with Crippen molar-refractivity contribution in [2.24, 2.45) is 5.92 Å². The third kappa shape index (κ3) is 4.10. The number of rotatable bonds is 5. The van der Waals surface area contributed by atoms with Crippen LogP contribution in [0.2, 0.25) is 0 Å². The minimum Gasteiger partial charge on any atom is -0.463 e. The number of hydrogen-bond donors (Lipinski definition) is 1. The number of anilines is 1. The van der Waals surface area contributed by atoms with E-state index in [1.165, 1.54) is 12.5 Å².